The second-order valence-electron chi connectivity index (χ2n) is 5.11. The number of benzene rings is 1. The molecule has 0 aliphatic heterocycles. The van der Waals surface area contributed by atoms with Crippen LogP contribution in [0.15, 0.2) is 30.5 Å². The van der Waals surface area contributed by atoms with Crippen LogP contribution in [0.4, 0.5) is 0 Å². The highest BCUT2D eigenvalue weighted by Crippen LogP contribution is 2.40. The molecule has 1 aromatic carbocycles. The van der Waals surface area contributed by atoms with E-state index in [-0.39, 0.29) is 4.83 Å². The minimum absolute atomic E-state index is 0.175. The molecular weight excluding hydrogens is 314 g/mol. The second-order valence-corrected chi connectivity index (χ2v) is 6.48. The zero-order chi connectivity index (χ0) is 14.1. The van der Waals surface area contributed by atoms with Crippen molar-refractivity contribution in [2.45, 2.75) is 30.5 Å². The lowest BCUT2D eigenvalue weighted by Gasteiger charge is -2.12. The van der Waals surface area contributed by atoms with E-state index in [1.807, 2.05) is 30.5 Å². The molecule has 2 aromatic rings. The fraction of sp³-hybridized carbons (Fsp3) is 0.312. The molecule has 0 saturated heterocycles. The Morgan fingerprint density at radius 2 is 2.00 bits per heavy atom. The van der Waals surface area contributed by atoms with Gasteiger partial charge in [0, 0.05) is 17.7 Å². The molecule has 3 rings (SSSR count). The minimum Gasteiger partial charge on any atom is -0.240 e. The van der Waals surface area contributed by atoms with Crippen LogP contribution in [0.2, 0.25) is 0 Å². The molecule has 1 aliphatic rings. The highest BCUT2D eigenvalue weighted by Gasteiger charge is 2.27. The molecule has 0 amide bonds. The Morgan fingerprint density at radius 1 is 1.30 bits per heavy atom. The molecule has 20 heavy (non-hydrogen) atoms. The van der Waals surface area contributed by atoms with Crippen LogP contribution < -0.4 is 0 Å². The lowest BCUT2D eigenvalue weighted by atomic mass is 10.0. The lowest BCUT2D eigenvalue weighted by molar-refractivity contribution is 0.878. The van der Waals surface area contributed by atoms with Crippen molar-refractivity contribution >= 4 is 15.9 Å². The molecule has 1 fully saturated rings. The fourth-order valence-corrected chi connectivity index (χ4v) is 2.55. The number of halogens is 1. The zero-order valence-corrected chi connectivity index (χ0v) is 12.8. The quantitative estimate of drug-likeness (QED) is 0.787. The van der Waals surface area contributed by atoms with Crippen molar-refractivity contribution in [3.63, 3.8) is 0 Å². The maximum Gasteiger partial charge on any atom is 0.131 e. The number of nitrogens with zero attached hydrogens (tertiary/aromatic N) is 3. The predicted molar refractivity (Wildman–Crippen MR) is 81.5 cm³/mol. The van der Waals surface area contributed by atoms with Crippen LogP contribution >= 0.6 is 15.9 Å². The van der Waals surface area contributed by atoms with Crippen LogP contribution in [0, 0.1) is 11.3 Å². The first-order valence-corrected chi connectivity index (χ1v) is 7.62. The molecular formula is C16H14BrN3. The normalized spacial score (nSPS) is 15.7. The Kier molecular flexibility index (Phi) is 3.54. The van der Waals surface area contributed by atoms with Crippen LogP contribution in [0.5, 0.6) is 0 Å². The minimum atomic E-state index is 0.175. The van der Waals surface area contributed by atoms with Crippen LogP contribution in [0.25, 0.3) is 11.1 Å². The zero-order valence-electron chi connectivity index (χ0n) is 11.2. The summed E-state index contributed by atoms with van der Waals surface area (Å²) in [7, 11) is 0. The molecule has 4 heteroatoms. The van der Waals surface area contributed by atoms with Crippen LogP contribution in [-0.4, -0.2) is 9.97 Å². The van der Waals surface area contributed by atoms with Gasteiger partial charge in [0.15, 0.2) is 0 Å². The molecule has 0 unspecified atom stereocenters. The molecule has 0 N–H and O–H groups in total. The molecule has 100 valence electrons. The Balaban J connectivity index is 2.04. The Bertz CT molecular complexity index is 667. The molecule has 1 atom stereocenters. The number of hydrogen-bond donors (Lipinski definition) is 0. The van der Waals surface area contributed by atoms with Gasteiger partial charge < -0.3 is 0 Å². The van der Waals surface area contributed by atoms with E-state index in [0.29, 0.717) is 11.5 Å². The second kappa shape index (κ2) is 5.34. The Labute approximate surface area is 126 Å². The van der Waals surface area contributed by atoms with Crippen molar-refractivity contribution in [3.05, 3.63) is 47.5 Å². The van der Waals surface area contributed by atoms with Gasteiger partial charge in [0.05, 0.1) is 22.2 Å². The first kappa shape index (κ1) is 13.3. The Hall–Kier alpha value is -1.73. The van der Waals surface area contributed by atoms with Crippen molar-refractivity contribution in [2.75, 3.05) is 0 Å². The van der Waals surface area contributed by atoms with E-state index < -0.39 is 0 Å². The van der Waals surface area contributed by atoms with Crippen molar-refractivity contribution in [1.29, 1.82) is 5.26 Å². The SMILES string of the molecule is C[C@@H](Br)c1nc(C2CC2)ncc1-c1ccc(C#N)cc1. The average Bonchev–Trinajstić information content (AvgIpc) is 3.31. The standard InChI is InChI=1S/C16H14BrN3/c1-10(17)15-14(9-19-16(20-15)13-6-7-13)12-4-2-11(8-18)3-5-12/h2-5,9-10,13H,6-7H2,1H3/t10-/m1/s1. The van der Waals surface area contributed by atoms with Gasteiger partial charge in [-0.25, -0.2) is 9.97 Å². The van der Waals surface area contributed by atoms with E-state index in [4.69, 9.17) is 10.2 Å². The number of nitriles is 1. The topological polar surface area (TPSA) is 49.6 Å². The summed E-state index contributed by atoms with van der Waals surface area (Å²) in [5.74, 6) is 1.51. The van der Waals surface area contributed by atoms with Crippen LogP contribution in [0.1, 0.15) is 47.6 Å². The van der Waals surface area contributed by atoms with Gasteiger partial charge in [-0.2, -0.15) is 5.26 Å². The van der Waals surface area contributed by atoms with E-state index in [9.17, 15) is 0 Å². The molecule has 1 aromatic heterocycles. The molecule has 1 heterocycles. The number of rotatable bonds is 3. The molecule has 0 spiro atoms. The van der Waals surface area contributed by atoms with Gasteiger partial charge in [0.2, 0.25) is 0 Å². The summed E-state index contributed by atoms with van der Waals surface area (Å²) in [6.45, 7) is 2.08. The van der Waals surface area contributed by atoms with Crippen LogP contribution in [-0.2, 0) is 0 Å². The predicted octanol–water partition coefficient (Wildman–Crippen LogP) is 4.35. The van der Waals surface area contributed by atoms with E-state index in [0.717, 1.165) is 22.6 Å². The number of hydrogen-bond acceptors (Lipinski definition) is 3. The molecule has 1 aliphatic carbocycles. The van der Waals surface area contributed by atoms with Crippen molar-refractivity contribution in [3.8, 4) is 17.2 Å². The van der Waals surface area contributed by atoms with Gasteiger partial charge in [-0.1, -0.05) is 28.1 Å². The average molecular weight is 328 g/mol. The van der Waals surface area contributed by atoms with Crippen LogP contribution in [0.3, 0.4) is 0 Å². The van der Waals surface area contributed by atoms with Gasteiger partial charge >= 0.3 is 0 Å². The van der Waals surface area contributed by atoms with E-state index in [2.05, 4.69) is 33.9 Å². The van der Waals surface area contributed by atoms with E-state index >= 15 is 0 Å². The lowest BCUT2D eigenvalue weighted by Crippen LogP contribution is -2.01. The summed E-state index contributed by atoms with van der Waals surface area (Å²) < 4.78 is 0. The highest BCUT2D eigenvalue weighted by molar-refractivity contribution is 9.09. The van der Waals surface area contributed by atoms with Gasteiger partial charge in [-0.05, 0) is 37.5 Å². The molecule has 3 nitrogen and oxygen atoms in total. The third kappa shape index (κ3) is 2.59. The van der Waals surface area contributed by atoms with Crippen molar-refractivity contribution in [1.82, 2.24) is 9.97 Å². The summed E-state index contributed by atoms with van der Waals surface area (Å²) in [6.07, 6.45) is 4.31. The monoisotopic (exact) mass is 327 g/mol. The van der Waals surface area contributed by atoms with Gasteiger partial charge in [-0.15, -0.1) is 0 Å². The molecule has 0 bridgehead atoms. The third-order valence-corrected chi connectivity index (χ3v) is 3.91. The van der Waals surface area contributed by atoms with Crippen molar-refractivity contribution < 1.29 is 0 Å². The highest BCUT2D eigenvalue weighted by atomic mass is 79.9. The third-order valence-electron chi connectivity index (χ3n) is 3.48. The maximum atomic E-state index is 8.86. The largest absolute Gasteiger partial charge is 0.240 e. The summed E-state index contributed by atoms with van der Waals surface area (Å²) in [5, 5.41) is 8.86. The van der Waals surface area contributed by atoms with E-state index in [1.165, 1.54) is 12.8 Å². The van der Waals surface area contributed by atoms with Crippen molar-refractivity contribution in [2.24, 2.45) is 0 Å². The number of aromatic nitrogens is 2. The summed E-state index contributed by atoms with van der Waals surface area (Å²) in [5.41, 5.74) is 3.76. The smallest absolute Gasteiger partial charge is 0.131 e. The first-order valence-electron chi connectivity index (χ1n) is 6.70. The summed E-state index contributed by atoms with van der Waals surface area (Å²) in [6, 6.07) is 9.69. The Morgan fingerprint density at radius 3 is 2.55 bits per heavy atom. The summed E-state index contributed by atoms with van der Waals surface area (Å²) >= 11 is 3.62. The molecule has 0 radical (unpaired) electrons. The maximum absolute atomic E-state index is 8.86. The van der Waals surface area contributed by atoms with Gasteiger partial charge in [0.25, 0.3) is 0 Å². The van der Waals surface area contributed by atoms with Gasteiger partial charge in [-0.3, -0.25) is 0 Å². The first-order chi connectivity index (χ1) is 9.69. The van der Waals surface area contributed by atoms with Gasteiger partial charge in [0.1, 0.15) is 5.82 Å². The summed E-state index contributed by atoms with van der Waals surface area (Å²) in [4.78, 5) is 9.41. The number of alkyl halides is 1. The fourth-order valence-electron chi connectivity index (χ4n) is 2.20. The molecule has 1 saturated carbocycles. The van der Waals surface area contributed by atoms with E-state index in [1.54, 1.807) is 0 Å².